The van der Waals surface area contributed by atoms with E-state index in [9.17, 15) is 10.5 Å². The van der Waals surface area contributed by atoms with Crippen molar-refractivity contribution in [3.8, 4) is 12.1 Å². The number of dihydropyridines is 1. The summed E-state index contributed by atoms with van der Waals surface area (Å²) in [6.07, 6.45) is 0. The Balaban J connectivity index is 2.16. The van der Waals surface area contributed by atoms with Gasteiger partial charge in [0, 0.05) is 25.5 Å². The number of hydrogen-bond donors (Lipinski definition) is 2. The molecule has 0 bridgehead atoms. The molecule has 134 valence electrons. The first-order chi connectivity index (χ1) is 13.0. The van der Waals surface area contributed by atoms with E-state index in [0.717, 1.165) is 4.90 Å². The fourth-order valence-electron chi connectivity index (χ4n) is 2.70. The molecule has 1 unspecified atom stereocenters. The maximum Gasteiger partial charge on any atom is 0.116 e. The topological polar surface area (TPSA) is 85.6 Å². The highest BCUT2D eigenvalue weighted by molar-refractivity contribution is 8.03. The van der Waals surface area contributed by atoms with E-state index in [2.05, 4.69) is 17.5 Å². The molecule has 0 amide bonds. The molecule has 0 aromatic heterocycles. The minimum Gasteiger partial charge on any atom is -0.384 e. The van der Waals surface area contributed by atoms with E-state index in [1.807, 2.05) is 12.1 Å². The summed E-state index contributed by atoms with van der Waals surface area (Å²) in [4.78, 5) is 0.854. The number of nitrogens with one attached hydrogen (secondary N) is 1. The van der Waals surface area contributed by atoms with Gasteiger partial charge in [0.05, 0.1) is 34.2 Å². The van der Waals surface area contributed by atoms with Gasteiger partial charge in [-0.15, -0.1) is 0 Å². The van der Waals surface area contributed by atoms with Gasteiger partial charge < -0.3 is 11.1 Å². The number of halogens is 3. The number of rotatable bonds is 3. The smallest absolute Gasteiger partial charge is 0.116 e. The molecule has 0 saturated heterocycles. The predicted octanol–water partition coefficient (Wildman–Crippen LogP) is 5.55. The van der Waals surface area contributed by atoms with Crippen molar-refractivity contribution in [2.45, 2.75) is 10.8 Å². The van der Waals surface area contributed by atoms with Gasteiger partial charge in [-0.3, -0.25) is 0 Å². The van der Waals surface area contributed by atoms with Crippen LogP contribution in [-0.4, -0.2) is 0 Å². The summed E-state index contributed by atoms with van der Waals surface area (Å²) >= 11 is 19.9. The molecule has 0 spiro atoms. The van der Waals surface area contributed by atoms with Gasteiger partial charge in [-0.05, 0) is 36.4 Å². The standard InChI is InChI=1S/C19H11Cl3N4S/c20-10-4-6-11(7-5-10)27-19-13(9-24)16(12(8-23)18(25)26-19)17-14(21)2-1-3-15(17)22/h1-7,16,26H,25H2. The van der Waals surface area contributed by atoms with Crippen LogP contribution in [0.1, 0.15) is 11.5 Å². The van der Waals surface area contributed by atoms with Crippen LogP contribution in [0.25, 0.3) is 0 Å². The Hall–Kier alpha value is -2.28. The maximum atomic E-state index is 9.86. The average Bonchev–Trinajstić information content (AvgIpc) is 2.63. The third-order valence-corrected chi connectivity index (χ3v) is 5.87. The van der Waals surface area contributed by atoms with Crippen molar-refractivity contribution in [3.05, 3.63) is 85.1 Å². The Morgan fingerprint density at radius 3 is 2.07 bits per heavy atom. The first kappa shape index (κ1) is 19.5. The van der Waals surface area contributed by atoms with E-state index in [-0.39, 0.29) is 11.4 Å². The normalized spacial score (nSPS) is 16.6. The van der Waals surface area contributed by atoms with E-state index in [1.165, 1.54) is 11.8 Å². The molecule has 2 aromatic rings. The number of nitrogens with two attached hydrogens (primary N) is 1. The fourth-order valence-corrected chi connectivity index (χ4v) is 4.39. The molecule has 1 aliphatic rings. The van der Waals surface area contributed by atoms with Gasteiger partial charge >= 0.3 is 0 Å². The SMILES string of the molecule is N#CC1=C(N)NC(Sc2ccc(Cl)cc2)=C(C#N)C1c1c(Cl)cccc1Cl. The summed E-state index contributed by atoms with van der Waals surface area (Å²) in [6.45, 7) is 0. The van der Waals surface area contributed by atoms with Gasteiger partial charge in [-0.25, -0.2) is 0 Å². The van der Waals surface area contributed by atoms with E-state index < -0.39 is 5.92 Å². The van der Waals surface area contributed by atoms with E-state index >= 15 is 0 Å². The van der Waals surface area contributed by atoms with Crippen LogP contribution >= 0.6 is 46.6 Å². The predicted molar refractivity (Wildman–Crippen MR) is 109 cm³/mol. The minimum absolute atomic E-state index is 0.161. The van der Waals surface area contributed by atoms with E-state index in [1.54, 1.807) is 30.3 Å². The molecule has 1 aliphatic heterocycles. The molecule has 2 aromatic carbocycles. The van der Waals surface area contributed by atoms with Crippen molar-refractivity contribution in [2.24, 2.45) is 5.73 Å². The van der Waals surface area contributed by atoms with Crippen molar-refractivity contribution >= 4 is 46.6 Å². The molecule has 1 heterocycles. The Kier molecular flexibility index (Phi) is 5.89. The highest BCUT2D eigenvalue weighted by atomic mass is 35.5. The lowest BCUT2D eigenvalue weighted by Gasteiger charge is -2.27. The van der Waals surface area contributed by atoms with Gasteiger partial charge in [-0.1, -0.05) is 52.6 Å². The highest BCUT2D eigenvalue weighted by Crippen LogP contribution is 2.45. The van der Waals surface area contributed by atoms with Crippen LogP contribution in [0.5, 0.6) is 0 Å². The van der Waals surface area contributed by atoms with Crippen molar-refractivity contribution < 1.29 is 0 Å². The lowest BCUT2D eigenvalue weighted by Crippen LogP contribution is -2.29. The van der Waals surface area contributed by atoms with Crippen molar-refractivity contribution in [1.82, 2.24) is 5.32 Å². The molecule has 27 heavy (non-hydrogen) atoms. The number of allylic oxidation sites excluding steroid dienone is 2. The molecule has 0 fully saturated rings. The lowest BCUT2D eigenvalue weighted by molar-refractivity contribution is 0.840. The average molecular weight is 434 g/mol. The lowest BCUT2D eigenvalue weighted by atomic mass is 9.84. The Bertz CT molecular complexity index is 1030. The summed E-state index contributed by atoms with van der Waals surface area (Å²) < 4.78 is 0. The number of benzene rings is 2. The summed E-state index contributed by atoms with van der Waals surface area (Å²) in [5.74, 6) is -0.591. The molecule has 4 nitrogen and oxygen atoms in total. The third kappa shape index (κ3) is 3.88. The number of nitriles is 2. The van der Waals surface area contributed by atoms with Crippen LogP contribution < -0.4 is 11.1 Å². The zero-order valence-corrected chi connectivity index (χ0v) is 16.7. The quantitative estimate of drug-likeness (QED) is 0.662. The summed E-state index contributed by atoms with van der Waals surface area (Å²) in [7, 11) is 0. The van der Waals surface area contributed by atoms with Crippen LogP contribution in [0, 0.1) is 22.7 Å². The molecule has 3 rings (SSSR count). The van der Waals surface area contributed by atoms with Crippen LogP contribution in [0.3, 0.4) is 0 Å². The van der Waals surface area contributed by atoms with Crippen molar-refractivity contribution in [1.29, 1.82) is 10.5 Å². The summed E-state index contributed by atoms with van der Waals surface area (Å²) in [5, 5.41) is 24.3. The fraction of sp³-hybridized carbons (Fsp3) is 0.0526. The van der Waals surface area contributed by atoms with Gasteiger partial charge in [0.1, 0.15) is 5.82 Å². The van der Waals surface area contributed by atoms with Crippen molar-refractivity contribution in [2.75, 3.05) is 0 Å². The largest absolute Gasteiger partial charge is 0.384 e. The first-order valence-corrected chi connectivity index (χ1v) is 9.59. The Morgan fingerprint density at radius 1 is 0.926 bits per heavy atom. The van der Waals surface area contributed by atoms with Crippen molar-refractivity contribution in [3.63, 3.8) is 0 Å². The third-order valence-electron chi connectivity index (χ3n) is 3.92. The Labute approximate surface area is 175 Å². The van der Waals surface area contributed by atoms with Crippen LogP contribution in [0.15, 0.2) is 69.4 Å². The van der Waals surface area contributed by atoms with Crippen LogP contribution in [-0.2, 0) is 0 Å². The van der Waals surface area contributed by atoms with E-state index in [0.29, 0.717) is 31.2 Å². The van der Waals surface area contributed by atoms with Crippen LogP contribution in [0.2, 0.25) is 15.1 Å². The van der Waals surface area contributed by atoms with Gasteiger partial charge in [0.25, 0.3) is 0 Å². The molecule has 0 radical (unpaired) electrons. The van der Waals surface area contributed by atoms with Crippen LogP contribution in [0.4, 0.5) is 0 Å². The number of thioether (sulfide) groups is 1. The summed E-state index contributed by atoms with van der Waals surface area (Å²) in [5.41, 5.74) is 7.08. The van der Waals surface area contributed by atoms with Gasteiger partial charge in [-0.2, -0.15) is 10.5 Å². The first-order valence-electron chi connectivity index (χ1n) is 7.64. The minimum atomic E-state index is -0.753. The second kappa shape index (κ2) is 8.17. The second-order valence-corrected chi connectivity index (χ2v) is 7.88. The number of nitrogens with zero attached hydrogens (tertiary/aromatic N) is 2. The maximum absolute atomic E-state index is 9.86. The molecular weight excluding hydrogens is 423 g/mol. The van der Waals surface area contributed by atoms with Gasteiger partial charge in [0.15, 0.2) is 0 Å². The number of hydrogen-bond acceptors (Lipinski definition) is 5. The molecule has 0 aliphatic carbocycles. The second-order valence-electron chi connectivity index (χ2n) is 5.54. The van der Waals surface area contributed by atoms with E-state index in [4.69, 9.17) is 40.5 Å². The molecule has 0 saturated carbocycles. The van der Waals surface area contributed by atoms with Gasteiger partial charge in [0.2, 0.25) is 0 Å². The zero-order chi connectivity index (χ0) is 19.6. The molecular formula is C19H11Cl3N4S. The molecule has 8 heteroatoms. The molecule has 1 atom stereocenters. The molecule has 3 N–H and O–H groups in total. The monoisotopic (exact) mass is 432 g/mol. The summed E-state index contributed by atoms with van der Waals surface area (Å²) in [6, 6.07) is 16.4. The highest BCUT2D eigenvalue weighted by Gasteiger charge is 2.34. The Morgan fingerprint density at radius 2 is 1.52 bits per heavy atom. The zero-order valence-electron chi connectivity index (χ0n) is 13.6.